The van der Waals surface area contributed by atoms with Crippen LogP contribution in [-0.4, -0.2) is 23.1 Å². The normalized spacial score (nSPS) is 14.6. The summed E-state index contributed by atoms with van der Waals surface area (Å²) in [6, 6.07) is 8.56. The van der Waals surface area contributed by atoms with Crippen molar-refractivity contribution in [1.29, 1.82) is 0 Å². The summed E-state index contributed by atoms with van der Waals surface area (Å²) in [5, 5.41) is 2.23. The average molecular weight is 335 g/mol. The first-order valence-electron chi connectivity index (χ1n) is 9.07. The second-order valence-corrected chi connectivity index (χ2v) is 7.29. The van der Waals surface area contributed by atoms with Gasteiger partial charge >= 0.3 is 0 Å². The van der Waals surface area contributed by atoms with Crippen molar-refractivity contribution in [3.8, 4) is 0 Å². The van der Waals surface area contributed by atoms with E-state index in [0.29, 0.717) is 5.92 Å². The lowest BCUT2D eigenvalue weighted by Gasteiger charge is -2.24. The lowest BCUT2D eigenvalue weighted by molar-refractivity contribution is 0.354. The van der Waals surface area contributed by atoms with Crippen LogP contribution in [0, 0.1) is 12.8 Å². The number of anilines is 1. The molecule has 0 amide bonds. The van der Waals surface area contributed by atoms with Crippen LogP contribution in [0.1, 0.15) is 32.0 Å². The predicted octanol–water partition coefficient (Wildman–Crippen LogP) is 5.06. The fourth-order valence-corrected chi connectivity index (χ4v) is 3.59. The first-order chi connectivity index (χ1) is 12.1. The van der Waals surface area contributed by atoms with Crippen molar-refractivity contribution in [2.24, 2.45) is 5.92 Å². The highest BCUT2D eigenvalue weighted by atomic mass is 16.3. The van der Waals surface area contributed by atoms with Crippen LogP contribution >= 0.6 is 0 Å². The maximum atomic E-state index is 6.23. The van der Waals surface area contributed by atoms with E-state index in [9.17, 15) is 0 Å². The fourth-order valence-electron chi connectivity index (χ4n) is 3.59. The summed E-state index contributed by atoms with van der Waals surface area (Å²) in [6.07, 6.45) is 5.24. The van der Waals surface area contributed by atoms with Gasteiger partial charge in [-0.25, -0.2) is 4.98 Å². The van der Waals surface area contributed by atoms with Gasteiger partial charge in [-0.1, -0.05) is 32.9 Å². The molecular weight excluding hydrogens is 310 g/mol. The van der Waals surface area contributed by atoms with E-state index in [1.165, 1.54) is 5.56 Å². The second kappa shape index (κ2) is 6.10. The fraction of sp³-hybridized carbons (Fsp3) is 0.381. The summed E-state index contributed by atoms with van der Waals surface area (Å²) in [6.45, 7) is 10.7. The summed E-state index contributed by atoms with van der Waals surface area (Å²) in [4.78, 5) is 9.30. The lowest BCUT2D eigenvalue weighted by atomic mass is 10.1. The van der Waals surface area contributed by atoms with E-state index >= 15 is 0 Å². The average Bonchev–Trinajstić information content (AvgIpc) is 3.17. The van der Waals surface area contributed by atoms with Crippen molar-refractivity contribution in [3.05, 3.63) is 47.9 Å². The molecule has 4 nitrogen and oxygen atoms in total. The van der Waals surface area contributed by atoms with E-state index < -0.39 is 0 Å². The number of aromatic nitrogens is 1. The monoisotopic (exact) mass is 335 g/mol. The third-order valence-electron chi connectivity index (χ3n) is 4.78. The van der Waals surface area contributed by atoms with Gasteiger partial charge in [0.05, 0.1) is 12.4 Å². The molecule has 4 heteroatoms. The van der Waals surface area contributed by atoms with Gasteiger partial charge in [-0.15, -0.1) is 0 Å². The number of rotatable bonds is 4. The van der Waals surface area contributed by atoms with E-state index in [0.717, 1.165) is 53.1 Å². The van der Waals surface area contributed by atoms with Gasteiger partial charge in [-0.2, -0.15) is 0 Å². The molecule has 1 aliphatic rings. The molecule has 2 aromatic heterocycles. The number of benzene rings is 1. The SMILES string of the molecule is CCc1ccc2c(n1)oc1c(N3C=CN(CC(C)C)C3)c(C)ccc12. The second-order valence-electron chi connectivity index (χ2n) is 7.29. The van der Waals surface area contributed by atoms with Gasteiger partial charge in [0.2, 0.25) is 5.71 Å². The molecule has 4 rings (SSSR count). The molecule has 0 spiro atoms. The molecule has 0 unspecified atom stereocenters. The lowest BCUT2D eigenvalue weighted by Crippen LogP contribution is -2.28. The zero-order valence-corrected chi connectivity index (χ0v) is 15.4. The van der Waals surface area contributed by atoms with Crippen molar-refractivity contribution in [1.82, 2.24) is 9.88 Å². The standard InChI is InChI=1S/C21H25N3O/c1-5-16-7-9-18-17-8-6-15(4)19(20(17)25-21(18)22-16)24-11-10-23(13-24)12-14(2)3/h6-11,14H,5,12-13H2,1-4H3. The third kappa shape index (κ3) is 2.76. The molecular formula is C21H25N3O. The largest absolute Gasteiger partial charge is 0.435 e. The Hall–Kier alpha value is -2.49. The number of hydrogen-bond donors (Lipinski definition) is 0. The zero-order valence-electron chi connectivity index (χ0n) is 15.4. The molecule has 0 aliphatic carbocycles. The van der Waals surface area contributed by atoms with Crippen LogP contribution in [0.15, 0.2) is 41.1 Å². The molecule has 3 aromatic rings. The predicted molar refractivity (Wildman–Crippen MR) is 104 cm³/mol. The molecule has 130 valence electrons. The highest BCUT2D eigenvalue weighted by molar-refractivity contribution is 6.08. The minimum absolute atomic E-state index is 0.643. The van der Waals surface area contributed by atoms with E-state index in [-0.39, 0.29) is 0 Å². The van der Waals surface area contributed by atoms with Gasteiger partial charge < -0.3 is 14.2 Å². The molecule has 0 saturated carbocycles. The minimum Gasteiger partial charge on any atom is -0.435 e. The summed E-state index contributed by atoms with van der Waals surface area (Å²) in [5.74, 6) is 0.643. The van der Waals surface area contributed by atoms with Crippen LogP contribution in [0.3, 0.4) is 0 Å². The first kappa shape index (κ1) is 16.0. The van der Waals surface area contributed by atoms with E-state index in [1.807, 2.05) is 0 Å². The number of hydrogen-bond acceptors (Lipinski definition) is 4. The smallest absolute Gasteiger partial charge is 0.227 e. The Labute approximate surface area is 148 Å². The highest BCUT2D eigenvalue weighted by Crippen LogP contribution is 2.38. The number of furan rings is 1. The summed E-state index contributed by atoms with van der Waals surface area (Å²) in [7, 11) is 0. The van der Waals surface area contributed by atoms with Gasteiger partial charge in [-0.05, 0) is 37.0 Å². The number of pyridine rings is 1. The van der Waals surface area contributed by atoms with Crippen molar-refractivity contribution in [2.75, 3.05) is 18.1 Å². The van der Waals surface area contributed by atoms with Crippen molar-refractivity contribution in [3.63, 3.8) is 0 Å². The third-order valence-corrected chi connectivity index (χ3v) is 4.78. The Kier molecular flexibility index (Phi) is 3.91. The molecule has 1 aromatic carbocycles. The van der Waals surface area contributed by atoms with Crippen LogP contribution in [0.5, 0.6) is 0 Å². The molecule has 0 bridgehead atoms. The van der Waals surface area contributed by atoms with Gasteiger partial charge in [0, 0.05) is 35.4 Å². The van der Waals surface area contributed by atoms with Gasteiger partial charge in [0.25, 0.3) is 0 Å². The molecule has 3 heterocycles. The van der Waals surface area contributed by atoms with Crippen LogP contribution in [0.25, 0.3) is 22.1 Å². The van der Waals surface area contributed by atoms with Crippen molar-refractivity contribution in [2.45, 2.75) is 34.1 Å². The number of nitrogens with zero attached hydrogens (tertiary/aromatic N) is 3. The van der Waals surface area contributed by atoms with Crippen LogP contribution < -0.4 is 4.90 Å². The van der Waals surface area contributed by atoms with Crippen molar-refractivity contribution >= 4 is 27.8 Å². The Bertz CT molecular complexity index is 955. The molecule has 0 atom stereocenters. The number of fused-ring (bicyclic) bond motifs is 3. The first-order valence-corrected chi connectivity index (χ1v) is 9.07. The van der Waals surface area contributed by atoms with E-state index in [4.69, 9.17) is 4.42 Å². The van der Waals surface area contributed by atoms with Gasteiger partial charge in [-0.3, -0.25) is 0 Å². The van der Waals surface area contributed by atoms with Crippen LogP contribution in [-0.2, 0) is 6.42 Å². The van der Waals surface area contributed by atoms with E-state index in [2.05, 4.69) is 79.1 Å². The molecule has 0 fully saturated rings. The summed E-state index contributed by atoms with van der Waals surface area (Å²) in [5.41, 5.74) is 5.11. The Morgan fingerprint density at radius 3 is 2.68 bits per heavy atom. The van der Waals surface area contributed by atoms with Gasteiger partial charge in [0.1, 0.15) is 0 Å². The molecule has 0 saturated heterocycles. The summed E-state index contributed by atoms with van der Waals surface area (Å²) < 4.78 is 6.23. The Morgan fingerprint density at radius 1 is 1.12 bits per heavy atom. The molecule has 25 heavy (non-hydrogen) atoms. The molecule has 0 radical (unpaired) electrons. The minimum atomic E-state index is 0.643. The van der Waals surface area contributed by atoms with E-state index in [1.54, 1.807) is 0 Å². The zero-order chi connectivity index (χ0) is 17.6. The Balaban J connectivity index is 1.81. The van der Waals surface area contributed by atoms with Crippen LogP contribution in [0.4, 0.5) is 5.69 Å². The van der Waals surface area contributed by atoms with Gasteiger partial charge in [0.15, 0.2) is 5.58 Å². The number of aryl methyl sites for hydroxylation is 2. The Morgan fingerprint density at radius 2 is 1.92 bits per heavy atom. The van der Waals surface area contributed by atoms with Crippen LogP contribution in [0.2, 0.25) is 0 Å². The topological polar surface area (TPSA) is 32.5 Å². The van der Waals surface area contributed by atoms with Crippen molar-refractivity contribution < 1.29 is 4.42 Å². The summed E-state index contributed by atoms with van der Waals surface area (Å²) >= 11 is 0. The molecule has 0 N–H and O–H groups in total. The highest BCUT2D eigenvalue weighted by Gasteiger charge is 2.22. The quantitative estimate of drug-likeness (QED) is 0.667. The maximum Gasteiger partial charge on any atom is 0.227 e. The molecule has 1 aliphatic heterocycles. The maximum absolute atomic E-state index is 6.23.